The van der Waals surface area contributed by atoms with E-state index in [1.807, 2.05) is 0 Å². The molecule has 0 spiro atoms. The molecule has 5 aliphatic rings. The molecule has 1 saturated heterocycles. The third kappa shape index (κ3) is 3.10. The summed E-state index contributed by atoms with van der Waals surface area (Å²) >= 11 is 6.77. The number of carbonyl (C=O) groups excluding carboxylic acids is 3. The lowest BCUT2D eigenvalue weighted by atomic mass is 9.49. The van der Waals surface area contributed by atoms with Gasteiger partial charge >= 0.3 is 5.97 Å². The summed E-state index contributed by atoms with van der Waals surface area (Å²) in [4.78, 5) is 38.2. The summed E-state index contributed by atoms with van der Waals surface area (Å²) < 4.78 is 5.47. The maximum Gasteiger partial charge on any atom is 0.312 e. The zero-order valence-corrected chi connectivity index (χ0v) is 15.8. The van der Waals surface area contributed by atoms with Crippen molar-refractivity contribution in [3.63, 3.8) is 0 Å². The minimum absolute atomic E-state index is 0.267. The molecule has 5 rings (SSSR count). The summed E-state index contributed by atoms with van der Waals surface area (Å²) in [6.07, 6.45) is 7.77. The van der Waals surface area contributed by atoms with E-state index in [4.69, 9.17) is 22.1 Å². The molecular formula is C19H27ClN2O4. The fraction of sp³-hybridized carbons (Fsp3) is 0.842. The molecule has 6 nitrogen and oxygen atoms in total. The van der Waals surface area contributed by atoms with Gasteiger partial charge in [-0.1, -0.05) is 0 Å². The first-order valence-corrected chi connectivity index (χ1v) is 10.1. The van der Waals surface area contributed by atoms with E-state index >= 15 is 0 Å². The van der Waals surface area contributed by atoms with Crippen molar-refractivity contribution >= 4 is 29.4 Å². The molecule has 0 aromatic heterocycles. The van der Waals surface area contributed by atoms with Gasteiger partial charge < -0.3 is 15.4 Å². The Morgan fingerprint density at radius 2 is 1.81 bits per heavy atom. The molecule has 144 valence electrons. The lowest BCUT2D eigenvalue weighted by Crippen LogP contribution is -2.57. The van der Waals surface area contributed by atoms with Crippen LogP contribution in [0.5, 0.6) is 0 Å². The van der Waals surface area contributed by atoms with Crippen LogP contribution in [0.15, 0.2) is 0 Å². The van der Waals surface area contributed by atoms with Crippen LogP contribution in [0.2, 0.25) is 0 Å². The van der Waals surface area contributed by atoms with Crippen LogP contribution in [0.1, 0.15) is 57.8 Å². The molecule has 4 saturated carbocycles. The molecule has 2 amide bonds. The molecule has 7 heteroatoms. The Kier molecular flexibility index (Phi) is 4.45. The van der Waals surface area contributed by atoms with Crippen LogP contribution in [0.3, 0.4) is 0 Å². The summed E-state index contributed by atoms with van der Waals surface area (Å²) in [5, 5.41) is 0. The second kappa shape index (κ2) is 6.39. The number of amides is 2. The molecule has 1 heterocycles. The normalized spacial score (nSPS) is 41.1. The number of carbonyl (C=O) groups is 3. The van der Waals surface area contributed by atoms with Gasteiger partial charge in [0.2, 0.25) is 5.91 Å². The van der Waals surface area contributed by atoms with E-state index < -0.39 is 17.4 Å². The monoisotopic (exact) mass is 382 g/mol. The van der Waals surface area contributed by atoms with Crippen molar-refractivity contribution in [3.05, 3.63) is 0 Å². The Morgan fingerprint density at radius 1 is 1.12 bits per heavy atom. The minimum Gasteiger partial charge on any atom is -0.455 e. The van der Waals surface area contributed by atoms with Crippen LogP contribution in [0.4, 0.5) is 0 Å². The molecule has 4 bridgehead atoms. The first-order valence-electron chi connectivity index (χ1n) is 9.75. The van der Waals surface area contributed by atoms with Crippen molar-refractivity contribution in [2.24, 2.45) is 23.0 Å². The Hall–Kier alpha value is -1.30. The van der Waals surface area contributed by atoms with Crippen molar-refractivity contribution in [2.75, 3.05) is 13.2 Å². The van der Waals surface area contributed by atoms with Gasteiger partial charge in [0.05, 0.1) is 5.41 Å². The molecule has 3 atom stereocenters. The van der Waals surface area contributed by atoms with Crippen LogP contribution < -0.4 is 5.73 Å². The Labute approximate surface area is 158 Å². The van der Waals surface area contributed by atoms with E-state index in [0.717, 1.165) is 44.9 Å². The van der Waals surface area contributed by atoms with Gasteiger partial charge in [-0.05, 0) is 69.6 Å². The summed E-state index contributed by atoms with van der Waals surface area (Å²) in [6.45, 7) is 0.180. The van der Waals surface area contributed by atoms with Crippen LogP contribution in [0, 0.1) is 17.3 Å². The molecule has 2 N–H and O–H groups in total. The quantitative estimate of drug-likeness (QED) is 0.594. The smallest absolute Gasteiger partial charge is 0.312 e. The van der Waals surface area contributed by atoms with Gasteiger partial charge in [0.1, 0.15) is 6.04 Å². The number of esters is 1. The topological polar surface area (TPSA) is 89.7 Å². The van der Waals surface area contributed by atoms with Crippen molar-refractivity contribution in [3.8, 4) is 0 Å². The van der Waals surface area contributed by atoms with Crippen molar-refractivity contribution in [1.82, 2.24) is 4.90 Å². The summed E-state index contributed by atoms with van der Waals surface area (Å²) in [6, 6.07) is -0.583. The van der Waals surface area contributed by atoms with Crippen LogP contribution in [-0.4, -0.2) is 46.8 Å². The number of likely N-dealkylation sites (tertiary alicyclic amines) is 1. The number of primary amides is 1. The Morgan fingerprint density at radius 3 is 2.42 bits per heavy atom. The van der Waals surface area contributed by atoms with Gasteiger partial charge in [0.25, 0.3) is 5.91 Å². The highest BCUT2D eigenvalue weighted by Gasteiger charge is 2.60. The highest BCUT2D eigenvalue weighted by molar-refractivity contribution is 6.24. The lowest BCUT2D eigenvalue weighted by molar-refractivity contribution is -0.173. The predicted molar refractivity (Wildman–Crippen MR) is 95.2 cm³/mol. The van der Waals surface area contributed by atoms with Gasteiger partial charge in [-0.25, -0.2) is 0 Å². The number of ether oxygens (including phenoxy) is 1. The molecule has 4 aliphatic carbocycles. The van der Waals surface area contributed by atoms with Crippen molar-refractivity contribution in [2.45, 2.75) is 68.7 Å². The zero-order valence-electron chi connectivity index (χ0n) is 15.0. The van der Waals surface area contributed by atoms with E-state index in [-0.39, 0.29) is 23.4 Å². The summed E-state index contributed by atoms with van der Waals surface area (Å²) in [5.41, 5.74) is 4.90. The van der Waals surface area contributed by atoms with E-state index in [9.17, 15) is 14.4 Å². The van der Waals surface area contributed by atoms with Gasteiger partial charge in [-0.2, -0.15) is 0 Å². The Balaban J connectivity index is 1.39. The third-order valence-corrected chi connectivity index (χ3v) is 7.34. The highest BCUT2D eigenvalue weighted by atomic mass is 35.5. The van der Waals surface area contributed by atoms with Crippen LogP contribution in [0.25, 0.3) is 0 Å². The Bertz CT molecular complexity index is 623. The van der Waals surface area contributed by atoms with Crippen molar-refractivity contribution in [1.29, 1.82) is 0 Å². The average molecular weight is 383 g/mol. The molecule has 0 radical (unpaired) electrons. The SMILES string of the molecule is NC(=O)[C@H]1CCCCN1C(=O)COC(=O)C12C[C@@H]3C[C@H](CC(Cl)(C3)C1)C2. The zero-order chi connectivity index (χ0) is 18.5. The first-order chi connectivity index (χ1) is 12.3. The van der Waals surface area contributed by atoms with Gasteiger partial charge in [0, 0.05) is 11.4 Å². The van der Waals surface area contributed by atoms with Crippen LogP contribution >= 0.6 is 11.6 Å². The molecule has 5 fully saturated rings. The predicted octanol–water partition coefficient (Wildman–Crippen LogP) is 1.97. The van der Waals surface area contributed by atoms with E-state index in [0.29, 0.717) is 31.2 Å². The number of alkyl halides is 1. The average Bonchev–Trinajstić information content (AvgIpc) is 2.57. The summed E-state index contributed by atoms with van der Waals surface area (Å²) in [7, 11) is 0. The highest BCUT2D eigenvalue weighted by Crippen LogP contribution is 2.64. The number of piperidine rings is 1. The fourth-order valence-electron chi connectivity index (χ4n) is 6.28. The maximum absolute atomic E-state index is 12.9. The number of hydrogen-bond acceptors (Lipinski definition) is 4. The van der Waals surface area contributed by atoms with Gasteiger partial charge in [-0.15, -0.1) is 11.6 Å². The standard InChI is InChI=1S/C19H27ClN2O4/c20-19-8-12-5-13(9-19)7-18(6-12,11-19)17(25)26-10-15(23)22-4-2-1-3-14(22)16(21)24/h12-14H,1-11H2,(H2,21,24)/t12-,13-,14+,18?,19?/m0/s1. The number of nitrogens with zero attached hydrogens (tertiary/aromatic N) is 1. The van der Waals surface area contributed by atoms with Gasteiger partial charge in [-0.3, -0.25) is 14.4 Å². The number of nitrogens with two attached hydrogens (primary N) is 1. The minimum atomic E-state index is -0.583. The lowest BCUT2D eigenvalue weighted by Gasteiger charge is -2.58. The molecule has 0 aromatic rings. The molecular weight excluding hydrogens is 356 g/mol. The van der Waals surface area contributed by atoms with Gasteiger partial charge in [0.15, 0.2) is 6.61 Å². The molecule has 26 heavy (non-hydrogen) atoms. The molecule has 1 aliphatic heterocycles. The van der Waals surface area contributed by atoms with Crippen LogP contribution in [-0.2, 0) is 19.1 Å². The van der Waals surface area contributed by atoms with E-state index in [1.54, 1.807) is 0 Å². The number of rotatable bonds is 4. The molecule has 0 aromatic carbocycles. The van der Waals surface area contributed by atoms with E-state index in [1.165, 1.54) is 4.90 Å². The fourth-order valence-corrected chi connectivity index (χ4v) is 6.97. The van der Waals surface area contributed by atoms with Crippen molar-refractivity contribution < 1.29 is 19.1 Å². The largest absolute Gasteiger partial charge is 0.455 e. The second-order valence-corrected chi connectivity index (χ2v) is 9.77. The van der Waals surface area contributed by atoms with E-state index in [2.05, 4.69) is 0 Å². The molecule has 0 unspecified atom stereocenters. The number of halogens is 1. The third-order valence-electron chi connectivity index (χ3n) is 6.90. The maximum atomic E-state index is 12.9. The second-order valence-electron chi connectivity index (χ2n) is 8.97. The number of hydrogen-bond donors (Lipinski definition) is 1. The first kappa shape index (κ1) is 18.1. The summed E-state index contributed by atoms with van der Waals surface area (Å²) in [5.74, 6) is -0.101.